The Kier molecular flexibility index (Phi) is 5.97. The van der Waals surface area contributed by atoms with Crippen molar-refractivity contribution in [2.75, 3.05) is 6.61 Å². The van der Waals surface area contributed by atoms with E-state index in [2.05, 4.69) is 38.3 Å². The van der Waals surface area contributed by atoms with Crippen molar-refractivity contribution in [1.82, 2.24) is 0 Å². The fraction of sp³-hybridized carbons (Fsp3) is 0.500. The summed E-state index contributed by atoms with van der Waals surface area (Å²) < 4.78 is 11.5. The molecule has 0 aliphatic carbocycles. The van der Waals surface area contributed by atoms with Crippen LogP contribution in [0.3, 0.4) is 0 Å². The number of rotatable bonds is 6. The first-order chi connectivity index (χ1) is 8.79. The average molecular weight is 297 g/mol. The summed E-state index contributed by atoms with van der Waals surface area (Å²) in [6.45, 7) is 10.7. The van der Waals surface area contributed by atoms with Gasteiger partial charge in [0.2, 0.25) is 0 Å². The van der Waals surface area contributed by atoms with Crippen molar-refractivity contribution < 1.29 is 13.6 Å². The average Bonchev–Trinajstić information content (AvgIpc) is 2.27. The van der Waals surface area contributed by atoms with E-state index in [-0.39, 0.29) is 11.5 Å². The van der Waals surface area contributed by atoms with Gasteiger partial charge in [0.1, 0.15) is 0 Å². The van der Waals surface area contributed by atoms with Gasteiger partial charge in [-0.05, 0) is 31.8 Å². The minimum Gasteiger partial charge on any atom is -0.465 e. The summed E-state index contributed by atoms with van der Waals surface area (Å²) in [6.07, 6.45) is 0. The first-order valence-electron chi connectivity index (χ1n) is 6.66. The molecule has 2 unspecified atom stereocenters. The molecule has 0 heterocycles. The first kappa shape index (κ1) is 16.1. The predicted molar refractivity (Wildman–Crippen MR) is 83.3 cm³/mol. The monoisotopic (exact) mass is 296 g/mol. The van der Waals surface area contributed by atoms with Crippen molar-refractivity contribution in [1.29, 1.82) is 0 Å². The van der Waals surface area contributed by atoms with E-state index in [9.17, 15) is 4.79 Å². The molecular weight excluding hydrogens is 272 g/mol. The molecular formula is C14H24O3Si2. The molecule has 0 radical (unpaired) electrons. The maximum Gasteiger partial charge on any atom is 0.302 e. The van der Waals surface area contributed by atoms with E-state index in [1.807, 2.05) is 18.2 Å². The highest BCUT2D eigenvalue weighted by atomic mass is 28.4. The molecule has 1 aromatic carbocycles. The van der Waals surface area contributed by atoms with Crippen LogP contribution in [0.15, 0.2) is 30.3 Å². The SMILES string of the molecule is CC(=O)OCC(c1ccccc1)[SiH](C)O[Si](C)(C)C. The number of ether oxygens (including phenoxy) is 1. The highest BCUT2D eigenvalue weighted by molar-refractivity contribution is 6.77. The lowest BCUT2D eigenvalue weighted by Gasteiger charge is -2.29. The van der Waals surface area contributed by atoms with Crippen LogP contribution in [0.5, 0.6) is 0 Å². The van der Waals surface area contributed by atoms with E-state index in [0.29, 0.717) is 6.61 Å². The highest BCUT2D eigenvalue weighted by Crippen LogP contribution is 2.22. The fourth-order valence-electron chi connectivity index (χ4n) is 2.05. The van der Waals surface area contributed by atoms with Crippen molar-refractivity contribution >= 4 is 23.3 Å². The van der Waals surface area contributed by atoms with E-state index in [1.165, 1.54) is 12.5 Å². The summed E-state index contributed by atoms with van der Waals surface area (Å²) in [5.41, 5.74) is 1.43. The summed E-state index contributed by atoms with van der Waals surface area (Å²) >= 11 is 0. The van der Waals surface area contributed by atoms with Crippen LogP contribution in [0.2, 0.25) is 26.2 Å². The third-order valence-electron chi connectivity index (χ3n) is 2.80. The molecule has 0 amide bonds. The molecule has 1 rings (SSSR count). The fourth-order valence-corrected chi connectivity index (χ4v) is 8.30. The summed E-state index contributed by atoms with van der Waals surface area (Å²) in [7, 11) is -2.99. The zero-order valence-corrected chi connectivity index (χ0v) is 14.6. The second-order valence-corrected chi connectivity index (χ2v) is 13.1. The zero-order valence-electron chi connectivity index (χ0n) is 12.5. The molecule has 0 aliphatic rings. The standard InChI is InChI=1S/C14H24O3Si2/c1-12(15)16-11-14(13-9-7-6-8-10-13)18(2)17-19(3,4)5/h6-10,14,18H,11H2,1-5H3. The van der Waals surface area contributed by atoms with Crippen LogP contribution < -0.4 is 0 Å². The lowest BCUT2D eigenvalue weighted by atomic mass is 10.1. The maximum absolute atomic E-state index is 11.0. The summed E-state index contributed by atoms with van der Waals surface area (Å²) in [6, 6.07) is 10.2. The van der Waals surface area contributed by atoms with Gasteiger partial charge in [0.15, 0.2) is 17.4 Å². The van der Waals surface area contributed by atoms with Crippen LogP contribution >= 0.6 is 0 Å². The van der Waals surface area contributed by atoms with Gasteiger partial charge in [0.05, 0.1) is 6.61 Å². The minimum atomic E-state index is -1.55. The van der Waals surface area contributed by atoms with Crippen LogP contribution in [0, 0.1) is 0 Å². The van der Waals surface area contributed by atoms with Crippen molar-refractivity contribution in [2.24, 2.45) is 0 Å². The molecule has 2 atom stereocenters. The van der Waals surface area contributed by atoms with E-state index >= 15 is 0 Å². The number of carbonyl (C=O) groups excluding carboxylic acids is 1. The van der Waals surface area contributed by atoms with Crippen LogP contribution in [0.25, 0.3) is 0 Å². The van der Waals surface area contributed by atoms with Gasteiger partial charge in [-0.1, -0.05) is 30.3 Å². The van der Waals surface area contributed by atoms with Gasteiger partial charge in [-0.2, -0.15) is 0 Å². The second-order valence-electron chi connectivity index (χ2n) is 5.76. The Morgan fingerprint density at radius 1 is 1.26 bits per heavy atom. The van der Waals surface area contributed by atoms with E-state index < -0.39 is 17.4 Å². The third kappa shape index (κ3) is 6.18. The van der Waals surface area contributed by atoms with Crippen molar-refractivity contribution in [3.8, 4) is 0 Å². The highest BCUT2D eigenvalue weighted by Gasteiger charge is 2.28. The topological polar surface area (TPSA) is 35.5 Å². The van der Waals surface area contributed by atoms with Gasteiger partial charge in [0.25, 0.3) is 0 Å². The molecule has 106 valence electrons. The molecule has 5 heteroatoms. The van der Waals surface area contributed by atoms with E-state index in [4.69, 9.17) is 8.85 Å². The normalized spacial score (nSPS) is 14.8. The van der Waals surface area contributed by atoms with Crippen molar-refractivity contribution in [2.45, 2.75) is 38.7 Å². The Labute approximate surface area is 118 Å². The van der Waals surface area contributed by atoms with Crippen molar-refractivity contribution in [3.05, 3.63) is 35.9 Å². The molecule has 0 fully saturated rings. The Bertz CT molecular complexity index is 401. The van der Waals surface area contributed by atoms with Gasteiger partial charge in [-0.25, -0.2) is 0 Å². The lowest BCUT2D eigenvalue weighted by molar-refractivity contribution is -0.141. The Morgan fingerprint density at radius 3 is 2.32 bits per heavy atom. The second kappa shape index (κ2) is 7.02. The molecule has 0 aromatic heterocycles. The van der Waals surface area contributed by atoms with Crippen LogP contribution in [-0.2, 0) is 13.6 Å². The summed E-state index contributed by atoms with van der Waals surface area (Å²) in [5, 5.41) is 0. The van der Waals surface area contributed by atoms with Gasteiger partial charge in [0, 0.05) is 12.5 Å². The van der Waals surface area contributed by atoms with Gasteiger partial charge in [-0.15, -0.1) is 0 Å². The van der Waals surface area contributed by atoms with Crippen LogP contribution in [-0.4, -0.2) is 29.9 Å². The number of esters is 1. The third-order valence-corrected chi connectivity index (χ3v) is 8.83. The van der Waals surface area contributed by atoms with Crippen LogP contribution in [0.1, 0.15) is 18.0 Å². The number of hydrogen-bond acceptors (Lipinski definition) is 3. The molecule has 0 saturated carbocycles. The molecule has 0 saturated heterocycles. The molecule has 19 heavy (non-hydrogen) atoms. The van der Waals surface area contributed by atoms with E-state index in [1.54, 1.807) is 0 Å². The Balaban J connectivity index is 2.83. The maximum atomic E-state index is 11.0. The largest absolute Gasteiger partial charge is 0.465 e. The zero-order chi connectivity index (χ0) is 14.5. The molecule has 0 bridgehead atoms. The Hall–Kier alpha value is -0.916. The lowest BCUT2D eigenvalue weighted by Crippen LogP contribution is -2.38. The first-order valence-corrected chi connectivity index (χ1v) is 12.4. The summed E-state index contributed by atoms with van der Waals surface area (Å²) in [4.78, 5) is 11.0. The van der Waals surface area contributed by atoms with Crippen LogP contribution in [0.4, 0.5) is 0 Å². The smallest absolute Gasteiger partial charge is 0.302 e. The van der Waals surface area contributed by atoms with Gasteiger partial charge >= 0.3 is 5.97 Å². The predicted octanol–water partition coefficient (Wildman–Crippen LogP) is 3.08. The number of carbonyl (C=O) groups is 1. The minimum absolute atomic E-state index is 0.219. The molecule has 3 nitrogen and oxygen atoms in total. The molecule has 1 aromatic rings. The van der Waals surface area contributed by atoms with E-state index in [0.717, 1.165) is 0 Å². The number of benzene rings is 1. The molecule has 0 N–H and O–H groups in total. The Morgan fingerprint density at radius 2 is 1.84 bits per heavy atom. The summed E-state index contributed by atoms with van der Waals surface area (Å²) in [5.74, 6) is -0.227. The molecule has 0 spiro atoms. The quantitative estimate of drug-likeness (QED) is 0.598. The van der Waals surface area contributed by atoms with Crippen molar-refractivity contribution in [3.63, 3.8) is 0 Å². The molecule has 0 aliphatic heterocycles. The number of hydrogen-bond donors (Lipinski definition) is 0. The van der Waals surface area contributed by atoms with Gasteiger partial charge in [-0.3, -0.25) is 4.79 Å². The van der Waals surface area contributed by atoms with Gasteiger partial charge < -0.3 is 8.85 Å².